The Morgan fingerprint density at radius 3 is 3.00 bits per heavy atom. The highest BCUT2D eigenvalue weighted by Crippen LogP contribution is 2.03. The Hall–Kier alpha value is -1.03. The molecule has 58 valence electrons. The van der Waals surface area contributed by atoms with Gasteiger partial charge in [0.2, 0.25) is 0 Å². The first kappa shape index (κ1) is 8.07. The van der Waals surface area contributed by atoms with Gasteiger partial charge >= 0.3 is 0 Å². The molecule has 0 spiro atoms. The number of nitrogens with one attached hydrogen (secondary N) is 1. The van der Waals surface area contributed by atoms with Gasteiger partial charge in [0.15, 0.2) is 0 Å². The molecule has 0 aromatic carbocycles. The molecule has 3 nitrogen and oxygen atoms in total. The lowest BCUT2D eigenvalue weighted by Gasteiger charge is -1.81. The van der Waals surface area contributed by atoms with E-state index in [4.69, 9.17) is 0 Å². The Kier molecular flexibility index (Phi) is 2.92. The third-order valence-electron chi connectivity index (χ3n) is 1.22. The van der Waals surface area contributed by atoms with Crippen LogP contribution in [0.2, 0.25) is 0 Å². The molecule has 0 saturated carbocycles. The summed E-state index contributed by atoms with van der Waals surface area (Å²) < 4.78 is 0. The van der Waals surface area contributed by atoms with Crippen molar-refractivity contribution >= 4 is 23.7 Å². The number of hydrogen-bond donors (Lipinski definition) is 2. The van der Waals surface area contributed by atoms with Gasteiger partial charge in [-0.15, -0.1) is 0 Å². The number of nitrogens with zero attached hydrogens (tertiary/aromatic N) is 2. The molecule has 0 saturated heterocycles. The standard InChI is InChI=1S/C6H5N3.CH4S/c1-2-8-6-5(1)3-7-4-9-6;1-2/h1-4H,(H,7,8,9);2H,1H3. The Morgan fingerprint density at radius 2 is 2.27 bits per heavy atom. The van der Waals surface area contributed by atoms with Crippen molar-refractivity contribution in [3.05, 3.63) is 24.8 Å². The van der Waals surface area contributed by atoms with Gasteiger partial charge in [0, 0.05) is 17.8 Å². The summed E-state index contributed by atoms with van der Waals surface area (Å²) in [7, 11) is 0. The lowest BCUT2D eigenvalue weighted by molar-refractivity contribution is 1.20. The van der Waals surface area contributed by atoms with Crippen LogP contribution in [0.3, 0.4) is 0 Å². The molecule has 0 amide bonds. The van der Waals surface area contributed by atoms with E-state index >= 15 is 0 Å². The summed E-state index contributed by atoms with van der Waals surface area (Å²) in [5.74, 6) is 0. The lowest BCUT2D eigenvalue weighted by Crippen LogP contribution is -1.75. The Bertz CT molecular complexity index is 288. The molecule has 11 heavy (non-hydrogen) atoms. The van der Waals surface area contributed by atoms with Crippen LogP contribution in [0.15, 0.2) is 24.8 Å². The van der Waals surface area contributed by atoms with Crippen molar-refractivity contribution < 1.29 is 0 Å². The maximum absolute atomic E-state index is 3.97. The molecule has 0 aliphatic rings. The van der Waals surface area contributed by atoms with Crippen molar-refractivity contribution in [2.45, 2.75) is 0 Å². The first-order chi connectivity index (χ1) is 5.47. The lowest BCUT2D eigenvalue weighted by atomic mass is 10.4. The van der Waals surface area contributed by atoms with Gasteiger partial charge in [-0.05, 0) is 12.3 Å². The van der Waals surface area contributed by atoms with Gasteiger partial charge in [-0.3, -0.25) is 0 Å². The first-order valence-corrected chi connectivity index (χ1v) is 4.04. The first-order valence-electron chi connectivity index (χ1n) is 3.14. The van der Waals surface area contributed by atoms with Gasteiger partial charge in [0.05, 0.1) is 0 Å². The molecule has 2 aromatic heterocycles. The van der Waals surface area contributed by atoms with E-state index in [1.807, 2.05) is 12.3 Å². The Labute approximate surface area is 70.3 Å². The van der Waals surface area contributed by atoms with Crippen LogP contribution in [0.4, 0.5) is 0 Å². The average Bonchev–Trinajstić information content (AvgIpc) is 2.55. The minimum absolute atomic E-state index is 0.894. The summed E-state index contributed by atoms with van der Waals surface area (Å²) in [6, 6.07) is 1.94. The van der Waals surface area contributed by atoms with Gasteiger partial charge in [-0.25, -0.2) is 9.97 Å². The molecule has 2 rings (SSSR count). The topological polar surface area (TPSA) is 41.6 Å². The van der Waals surface area contributed by atoms with Crippen LogP contribution in [-0.2, 0) is 0 Å². The predicted octanol–water partition coefficient (Wildman–Crippen LogP) is 1.50. The molecule has 2 heterocycles. The Morgan fingerprint density at radius 1 is 1.45 bits per heavy atom. The monoisotopic (exact) mass is 167 g/mol. The minimum Gasteiger partial charge on any atom is -0.346 e. The number of aromatic amines is 1. The van der Waals surface area contributed by atoms with Gasteiger partial charge in [0.1, 0.15) is 12.0 Å². The molecule has 0 radical (unpaired) electrons. The van der Waals surface area contributed by atoms with E-state index in [1.54, 1.807) is 12.5 Å². The molecule has 0 bridgehead atoms. The number of rotatable bonds is 0. The van der Waals surface area contributed by atoms with Crippen molar-refractivity contribution in [3.63, 3.8) is 0 Å². The van der Waals surface area contributed by atoms with Crippen LogP contribution < -0.4 is 0 Å². The van der Waals surface area contributed by atoms with E-state index in [1.165, 1.54) is 6.33 Å². The summed E-state index contributed by atoms with van der Waals surface area (Å²) in [6.45, 7) is 0. The number of H-pyrrole nitrogens is 1. The summed E-state index contributed by atoms with van der Waals surface area (Å²) in [5.41, 5.74) is 0.894. The van der Waals surface area contributed by atoms with E-state index in [-0.39, 0.29) is 0 Å². The molecular formula is C7H9N3S. The van der Waals surface area contributed by atoms with Crippen LogP contribution in [0.5, 0.6) is 0 Å². The van der Waals surface area contributed by atoms with Crippen LogP contribution in [0.25, 0.3) is 11.0 Å². The predicted molar refractivity (Wildman–Crippen MR) is 48.8 cm³/mol. The van der Waals surface area contributed by atoms with Crippen molar-refractivity contribution in [2.75, 3.05) is 6.26 Å². The van der Waals surface area contributed by atoms with Crippen molar-refractivity contribution in [2.24, 2.45) is 0 Å². The molecule has 0 aliphatic carbocycles. The minimum atomic E-state index is 0.894. The fraction of sp³-hybridized carbons (Fsp3) is 0.143. The molecule has 0 atom stereocenters. The maximum atomic E-state index is 3.97. The van der Waals surface area contributed by atoms with E-state index < -0.39 is 0 Å². The molecule has 0 unspecified atom stereocenters. The molecule has 0 fully saturated rings. The molecule has 1 N–H and O–H groups in total. The van der Waals surface area contributed by atoms with E-state index in [0.717, 1.165) is 11.0 Å². The second-order valence-corrected chi connectivity index (χ2v) is 1.80. The van der Waals surface area contributed by atoms with Crippen LogP contribution in [-0.4, -0.2) is 21.2 Å². The third kappa shape index (κ3) is 1.71. The second kappa shape index (κ2) is 3.98. The summed E-state index contributed by atoms with van der Waals surface area (Å²) in [4.78, 5) is 10.8. The fourth-order valence-corrected chi connectivity index (χ4v) is 0.793. The average molecular weight is 167 g/mol. The SMILES string of the molecule is CS.c1ncc2cc[nH]c2n1. The summed E-state index contributed by atoms with van der Waals surface area (Å²) in [6.07, 6.45) is 6.84. The number of fused-ring (bicyclic) bond motifs is 1. The highest BCUT2D eigenvalue weighted by atomic mass is 32.1. The van der Waals surface area contributed by atoms with Gasteiger partial charge in [-0.1, -0.05) is 0 Å². The van der Waals surface area contributed by atoms with E-state index in [0.29, 0.717) is 0 Å². The van der Waals surface area contributed by atoms with Crippen molar-refractivity contribution in [3.8, 4) is 0 Å². The number of hydrogen-bond acceptors (Lipinski definition) is 3. The zero-order chi connectivity index (χ0) is 8.10. The van der Waals surface area contributed by atoms with Crippen molar-refractivity contribution in [1.29, 1.82) is 0 Å². The van der Waals surface area contributed by atoms with Crippen molar-refractivity contribution in [1.82, 2.24) is 15.0 Å². The smallest absolute Gasteiger partial charge is 0.140 e. The largest absolute Gasteiger partial charge is 0.346 e. The van der Waals surface area contributed by atoms with E-state index in [2.05, 4.69) is 27.6 Å². The quantitative estimate of drug-likeness (QED) is 0.584. The Balaban J connectivity index is 0.000000281. The van der Waals surface area contributed by atoms with E-state index in [9.17, 15) is 0 Å². The molecule has 0 aliphatic heterocycles. The highest BCUT2D eigenvalue weighted by Gasteiger charge is 1.89. The van der Waals surface area contributed by atoms with Gasteiger partial charge in [-0.2, -0.15) is 12.6 Å². The third-order valence-corrected chi connectivity index (χ3v) is 1.22. The number of thiol groups is 1. The van der Waals surface area contributed by atoms with Crippen LogP contribution in [0, 0.1) is 0 Å². The van der Waals surface area contributed by atoms with Gasteiger partial charge in [0.25, 0.3) is 0 Å². The van der Waals surface area contributed by atoms with Crippen LogP contribution >= 0.6 is 12.6 Å². The van der Waals surface area contributed by atoms with Crippen LogP contribution in [0.1, 0.15) is 0 Å². The van der Waals surface area contributed by atoms with Gasteiger partial charge < -0.3 is 4.98 Å². The molecule has 4 heteroatoms. The molecular weight excluding hydrogens is 158 g/mol. The molecule has 2 aromatic rings. The zero-order valence-electron chi connectivity index (χ0n) is 6.15. The zero-order valence-corrected chi connectivity index (χ0v) is 7.05. The normalized spacial score (nSPS) is 8.91. The fourth-order valence-electron chi connectivity index (χ4n) is 0.793. The summed E-state index contributed by atoms with van der Waals surface area (Å²) in [5, 5.41) is 1.05. The number of aromatic nitrogens is 3. The second-order valence-electron chi connectivity index (χ2n) is 1.80. The summed E-state index contributed by atoms with van der Waals surface area (Å²) >= 11 is 3.53. The maximum Gasteiger partial charge on any atom is 0.140 e. The highest BCUT2D eigenvalue weighted by molar-refractivity contribution is 7.79.